The van der Waals surface area contributed by atoms with E-state index in [2.05, 4.69) is 23.7 Å². The Kier molecular flexibility index (Phi) is 4.34. The molecule has 1 unspecified atom stereocenters. The van der Waals surface area contributed by atoms with Crippen molar-refractivity contribution in [3.05, 3.63) is 29.6 Å². The molecule has 1 atom stereocenters. The van der Waals surface area contributed by atoms with Gasteiger partial charge in [-0.2, -0.15) is 0 Å². The SMILES string of the molecule is CCN1CCN(C(=O)c2ccnc(C(=O)O)c2)CC1C. The highest BCUT2D eigenvalue weighted by molar-refractivity contribution is 5.96. The van der Waals surface area contributed by atoms with Crippen molar-refractivity contribution in [2.24, 2.45) is 0 Å². The number of carbonyl (C=O) groups excluding carboxylic acids is 1. The Balaban J connectivity index is 2.12. The largest absolute Gasteiger partial charge is 0.477 e. The Bertz CT molecular complexity index is 518. The lowest BCUT2D eigenvalue weighted by molar-refractivity contribution is 0.0528. The molecule has 0 spiro atoms. The van der Waals surface area contributed by atoms with Crippen LogP contribution in [-0.4, -0.2) is 64.0 Å². The number of nitrogens with zero attached hydrogens (tertiary/aromatic N) is 3. The summed E-state index contributed by atoms with van der Waals surface area (Å²) in [6.45, 7) is 7.36. The van der Waals surface area contributed by atoms with Crippen LogP contribution in [0.5, 0.6) is 0 Å². The minimum Gasteiger partial charge on any atom is -0.477 e. The number of piperazine rings is 1. The molecule has 2 heterocycles. The van der Waals surface area contributed by atoms with Crippen LogP contribution in [0.25, 0.3) is 0 Å². The molecule has 1 amide bonds. The molecule has 0 radical (unpaired) electrons. The first-order valence-electron chi connectivity index (χ1n) is 6.75. The van der Waals surface area contributed by atoms with E-state index in [1.54, 1.807) is 11.0 Å². The van der Waals surface area contributed by atoms with Gasteiger partial charge in [0.05, 0.1) is 0 Å². The van der Waals surface area contributed by atoms with E-state index in [-0.39, 0.29) is 11.6 Å². The van der Waals surface area contributed by atoms with Crippen molar-refractivity contribution >= 4 is 11.9 Å². The zero-order valence-corrected chi connectivity index (χ0v) is 11.7. The van der Waals surface area contributed by atoms with Gasteiger partial charge < -0.3 is 10.0 Å². The smallest absolute Gasteiger partial charge is 0.354 e. The Hall–Kier alpha value is -1.95. The number of carboxylic acid groups (broad SMARTS) is 1. The zero-order valence-electron chi connectivity index (χ0n) is 11.7. The first-order valence-corrected chi connectivity index (χ1v) is 6.75. The lowest BCUT2D eigenvalue weighted by Crippen LogP contribution is -2.53. The molecule has 1 aromatic rings. The second kappa shape index (κ2) is 6.00. The Labute approximate surface area is 118 Å². The molecule has 0 bridgehead atoms. The van der Waals surface area contributed by atoms with E-state index in [4.69, 9.17) is 5.11 Å². The molecule has 2 rings (SSSR count). The molecular formula is C14H19N3O3. The topological polar surface area (TPSA) is 73.7 Å². The van der Waals surface area contributed by atoms with Gasteiger partial charge >= 0.3 is 5.97 Å². The number of carboxylic acids is 1. The summed E-state index contributed by atoms with van der Waals surface area (Å²) in [5.41, 5.74) is 0.283. The first-order chi connectivity index (χ1) is 9.52. The predicted octanol–water partition coefficient (Wildman–Crippen LogP) is 0.946. The van der Waals surface area contributed by atoms with Gasteiger partial charge in [-0.1, -0.05) is 6.92 Å². The van der Waals surface area contributed by atoms with Gasteiger partial charge in [0.1, 0.15) is 5.69 Å². The van der Waals surface area contributed by atoms with Gasteiger partial charge in [0, 0.05) is 37.4 Å². The number of aromatic carboxylic acids is 1. The van der Waals surface area contributed by atoms with E-state index in [1.165, 1.54) is 12.3 Å². The van der Waals surface area contributed by atoms with Gasteiger partial charge in [-0.25, -0.2) is 9.78 Å². The summed E-state index contributed by atoms with van der Waals surface area (Å²) >= 11 is 0. The molecule has 1 saturated heterocycles. The highest BCUT2D eigenvalue weighted by Gasteiger charge is 2.26. The average molecular weight is 277 g/mol. The maximum atomic E-state index is 12.4. The molecule has 1 aliphatic rings. The summed E-state index contributed by atoms with van der Waals surface area (Å²) < 4.78 is 0. The maximum absolute atomic E-state index is 12.4. The third-order valence-corrected chi connectivity index (χ3v) is 3.68. The van der Waals surface area contributed by atoms with Crippen LogP contribution in [0, 0.1) is 0 Å². The van der Waals surface area contributed by atoms with E-state index < -0.39 is 5.97 Å². The van der Waals surface area contributed by atoms with Crippen LogP contribution in [0.3, 0.4) is 0 Å². The Morgan fingerprint density at radius 1 is 1.45 bits per heavy atom. The molecule has 0 saturated carbocycles. The van der Waals surface area contributed by atoms with Crippen LogP contribution < -0.4 is 0 Å². The van der Waals surface area contributed by atoms with E-state index in [1.807, 2.05) is 0 Å². The molecule has 1 N–H and O–H groups in total. The third kappa shape index (κ3) is 2.96. The van der Waals surface area contributed by atoms with Crippen LogP contribution in [0.2, 0.25) is 0 Å². The lowest BCUT2D eigenvalue weighted by Gasteiger charge is -2.39. The summed E-state index contributed by atoms with van der Waals surface area (Å²) in [7, 11) is 0. The monoisotopic (exact) mass is 277 g/mol. The normalized spacial score (nSPS) is 19.9. The summed E-state index contributed by atoms with van der Waals surface area (Å²) in [5, 5.41) is 8.92. The highest BCUT2D eigenvalue weighted by atomic mass is 16.4. The Morgan fingerprint density at radius 2 is 2.20 bits per heavy atom. The zero-order chi connectivity index (χ0) is 14.7. The van der Waals surface area contributed by atoms with E-state index in [0.717, 1.165) is 13.1 Å². The fraction of sp³-hybridized carbons (Fsp3) is 0.500. The summed E-state index contributed by atoms with van der Waals surface area (Å²) in [5.74, 6) is -1.25. The van der Waals surface area contributed by atoms with Crippen molar-refractivity contribution in [1.29, 1.82) is 0 Å². The maximum Gasteiger partial charge on any atom is 0.354 e. The van der Waals surface area contributed by atoms with Gasteiger partial charge in [-0.3, -0.25) is 9.69 Å². The number of hydrogen-bond donors (Lipinski definition) is 1. The number of likely N-dealkylation sites (N-methyl/N-ethyl adjacent to an activating group) is 1. The van der Waals surface area contributed by atoms with Crippen LogP contribution in [0.1, 0.15) is 34.7 Å². The van der Waals surface area contributed by atoms with Crippen molar-refractivity contribution in [2.75, 3.05) is 26.2 Å². The Morgan fingerprint density at radius 3 is 2.80 bits per heavy atom. The summed E-state index contributed by atoms with van der Waals surface area (Å²) in [4.78, 5) is 31.1. The van der Waals surface area contributed by atoms with Gasteiger partial charge in [0.2, 0.25) is 0 Å². The minimum atomic E-state index is -1.12. The molecule has 108 valence electrons. The summed E-state index contributed by atoms with van der Waals surface area (Å²) in [6, 6.07) is 3.21. The molecule has 1 aromatic heterocycles. The van der Waals surface area contributed by atoms with Crippen LogP contribution in [0.4, 0.5) is 0 Å². The molecule has 1 fully saturated rings. The van der Waals surface area contributed by atoms with Gasteiger partial charge in [-0.05, 0) is 25.6 Å². The second-order valence-electron chi connectivity index (χ2n) is 4.96. The van der Waals surface area contributed by atoms with Crippen molar-refractivity contribution < 1.29 is 14.7 Å². The number of rotatable bonds is 3. The number of amides is 1. The van der Waals surface area contributed by atoms with Crippen LogP contribution >= 0.6 is 0 Å². The number of hydrogen-bond acceptors (Lipinski definition) is 4. The highest BCUT2D eigenvalue weighted by Crippen LogP contribution is 2.13. The van der Waals surface area contributed by atoms with E-state index in [0.29, 0.717) is 24.7 Å². The van der Waals surface area contributed by atoms with Gasteiger partial charge in [0.25, 0.3) is 5.91 Å². The summed E-state index contributed by atoms with van der Waals surface area (Å²) in [6.07, 6.45) is 1.36. The van der Waals surface area contributed by atoms with Crippen molar-refractivity contribution in [3.63, 3.8) is 0 Å². The number of aromatic nitrogens is 1. The van der Waals surface area contributed by atoms with E-state index in [9.17, 15) is 9.59 Å². The molecule has 20 heavy (non-hydrogen) atoms. The quantitative estimate of drug-likeness (QED) is 0.890. The lowest BCUT2D eigenvalue weighted by atomic mass is 10.1. The third-order valence-electron chi connectivity index (χ3n) is 3.68. The van der Waals surface area contributed by atoms with Crippen LogP contribution in [-0.2, 0) is 0 Å². The standard InChI is InChI=1S/C14H19N3O3/c1-3-16-6-7-17(9-10(16)2)13(18)11-4-5-15-12(8-11)14(19)20/h4-5,8,10H,3,6-7,9H2,1-2H3,(H,19,20). The average Bonchev–Trinajstić information content (AvgIpc) is 2.46. The molecule has 0 aromatic carbocycles. The molecule has 1 aliphatic heterocycles. The van der Waals surface area contributed by atoms with Crippen molar-refractivity contribution in [3.8, 4) is 0 Å². The molecule has 0 aliphatic carbocycles. The van der Waals surface area contributed by atoms with Gasteiger partial charge in [-0.15, -0.1) is 0 Å². The molecular weight excluding hydrogens is 258 g/mol. The van der Waals surface area contributed by atoms with Gasteiger partial charge in [0.15, 0.2) is 0 Å². The minimum absolute atomic E-state index is 0.101. The molecule has 6 heteroatoms. The first kappa shape index (κ1) is 14.5. The fourth-order valence-electron chi connectivity index (χ4n) is 2.51. The number of carbonyl (C=O) groups is 2. The van der Waals surface area contributed by atoms with E-state index >= 15 is 0 Å². The fourth-order valence-corrected chi connectivity index (χ4v) is 2.51. The number of pyridine rings is 1. The van der Waals surface area contributed by atoms with Crippen LogP contribution in [0.15, 0.2) is 18.3 Å². The van der Waals surface area contributed by atoms with Crippen molar-refractivity contribution in [1.82, 2.24) is 14.8 Å². The van der Waals surface area contributed by atoms with Crippen molar-refractivity contribution in [2.45, 2.75) is 19.9 Å². The predicted molar refractivity (Wildman–Crippen MR) is 73.8 cm³/mol. The second-order valence-corrected chi connectivity index (χ2v) is 4.96. The molecule has 6 nitrogen and oxygen atoms in total.